The Kier molecular flexibility index (Phi) is 9.63. The van der Waals surface area contributed by atoms with Gasteiger partial charge in [-0.05, 0) is 31.2 Å². The van der Waals surface area contributed by atoms with Gasteiger partial charge in [-0.15, -0.1) is 24.0 Å². The number of aromatic nitrogens is 1. The molecule has 26 heavy (non-hydrogen) atoms. The topological polar surface area (TPSA) is 75.5 Å². The summed E-state index contributed by atoms with van der Waals surface area (Å²) in [5.41, 5.74) is 0. The van der Waals surface area contributed by atoms with Gasteiger partial charge < -0.3 is 15.2 Å². The van der Waals surface area contributed by atoms with Gasteiger partial charge in [0.1, 0.15) is 10.7 Å². The first-order valence-corrected chi connectivity index (χ1v) is 9.78. The average Bonchev–Trinajstić information content (AvgIpc) is 3.08. The van der Waals surface area contributed by atoms with Crippen molar-refractivity contribution in [1.82, 2.24) is 15.2 Å². The fraction of sp³-hybridized carbons (Fsp3) is 0.353. The van der Waals surface area contributed by atoms with Gasteiger partial charge in [0.15, 0.2) is 15.8 Å². The van der Waals surface area contributed by atoms with Crippen LogP contribution in [0.15, 0.2) is 58.7 Å². The minimum atomic E-state index is -3.70. The summed E-state index contributed by atoms with van der Waals surface area (Å²) in [7, 11) is -3.70. The molecule has 0 aliphatic carbocycles. The molecule has 144 valence electrons. The summed E-state index contributed by atoms with van der Waals surface area (Å²) in [5, 5.41) is 6.21. The van der Waals surface area contributed by atoms with Crippen LogP contribution in [0, 0.1) is 5.82 Å². The lowest BCUT2D eigenvalue weighted by atomic mass is 10.3. The van der Waals surface area contributed by atoms with Crippen molar-refractivity contribution in [1.29, 1.82) is 0 Å². The first kappa shape index (κ1) is 22.4. The summed E-state index contributed by atoms with van der Waals surface area (Å²) in [6.07, 6.45) is 3.93. The Bertz CT molecular complexity index is 795. The normalized spacial score (nSPS) is 11.7. The van der Waals surface area contributed by atoms with Crippen LogP contribution in [0.4, 0.5) is 4.39 Å². The molecule has 2 N–H and O–H groups in total. The Balaban J connectivity index is 0.00000338. The van der Waals surface area contributed by atoms with Gasteiger partial charge in [0.25, 0.3) is 0 Å². The van der Waals surface area contributed by atoms with E-state index in [1.54, 1.807) is 0 Å². The summed E-state index contributed by atoms with van der Waals surface area (Å²) in [4.78, 5) is 3.97. The van der Waals surface area contributed by atoms with Gasteiger partial charge >= 0.3 is 0 Å². The third-order valence-electron chi connectivity index (χ3n) is 3.47. The van der Waals surface area contributed by atoms with Crippen molar-refractivity contribution in [3.63, 3.8) is 0 Å². The zero-order valence-corrected chi connectivity index (χ0v) is 17.7. The van der Waals surface area contributed by atoms with Crippen LogP contribution in [0.25, 0.3) is 0 Å². The third kappa shape index (κ3) is 6.94. The molecule has 0 aliphatic heterocycles. The lowest BCUT2D eigenvalue weighted by Crippen LogP contribution is -2.39. The highest BCUT2D eigenvalue weighted by molar-refractivity contribution is 14.0. The molecule has 6 nitrogen and oxygen atoms in total. The van der Waals surface area contributed by atoms with Crippen LogP contribution in [0.2, 0.25) is 0 Å². The number of nitrogens with one attached hydrogen (secondary N) is 2. The SMILES string of the molecule is CCNC(=NCCS(=O)(=O)c1ccccc1F)NCCn1cccc1.I. The molecule has 0 bridgehead atoms. The molecule has 1 heterocycles. The second-order valence-corrected chi connectivity index (χ2v) is 7.44. The number of benzene rings is 1. The van der Waals surface area contributed by atoms with E-state index in [0.717, 1.165) is 12.6 Å². The number of aliphatic imine (C=N–C) groups is 1. The van der Waals surface area contributed by atoms with E-state index >= 15 is 0 Å². The van der Waals surface area contributed by atoms with Gasteiger partial charge in [0, 0.05) is 32.0 Å². The zero-order chi connectivity index (χ0) is 18.1. The van der Waals surface area contributed by atoms with Crippen LogP contribution >= 0.6 is 24.0 Å². The minimum absolute atomic E-state index is 0. The lowest BCUT2D eigenvalue weighted by Gasteiger charge is -2.12. The molecule has 0 amide bonds. The Morgan fingerprint density at radius 1 is 1.15 bits per heavy atom. The summed E-state index contributed by atoms with van der Waals surface area (Å²) < 4.78 is 40.1. The van der Waals surface area contributed by atoms with E-state index in [9.17, 15) is 12.8 Å². The number of halogens is 2. The number of sulfone groups is 1. The molecule has 9 heteroatoms. The molecule has 2 aromatic rings. The van der Waals surface area contributed by atoms with Crippen molar-refractivity contribution in [3.8, 4) is 0 Å². The Labute approximate surface area is 170 Å². The Morgan fingerprint density at radius 2 is 1.85 bits per heavy atom. The highest BCUT2D eigenvalue weighted by Crippen LogP contribution is 2.14. The molecular weight excluding hydrogens is 470 g/mol. The fourth-order valence-corrected chi connectivity index (χ4v) is 3.45. The zero-order valence-electron chi connectivity index (χ0n) is 14.6. The monoisotopic (exact) mass is 494 g/mol. The van der Waals surface area contributed by atoms with Crippen molar-refractivity contribution < 1.29 is 12.8 Å². The summed E-state index contributed by atoms with van der Waals surface area (Å²) in [6, 6.07) is 9.29. The van der Waals surface area contributed by atoms with Gasteiger partial charge in [0.05, 0.1) is 12.3 Å². The number of nitrogens with zero attached hydrogens (tertiary/aromatic N) is 2. The lowest BCUT2D eigenvalue weighted by molar-refractivity contribution is 0.567. The van der Waals surface area contributed by atoms with Crippen molar-refractivity contribution in [2.45, 2.75) is 18.4 Å². The molecule has 0 saturated carbocycles. The maximum absolute atomic E-state index is 13.7. The molecule has 2 rings (SSSR count). The standard InChI is InChI=1S/C17H23FN4O2S.HI/c1-2-19-17(20-9-13-22-11-5-6-12-22)21-10-14-25(23,24)16-8-4-3-7-15(16)18;/h3-8,11-12H,2,9-10,13-14H2,1H3,(H2,19,20,21);1H. The van der Waals surface area contributed by atoms with Crippen LogP contribution in [-0.2, 0) is 16.4 Å². The number of guanidine groups is 1. The number of rotatable bonds is 8. The molecular formula is C17H24FIN4O2S. The van der Waals surface area contributed by atoms with Crippen LogP contribution in [0.1, 0.15) is 6.92 Å². The first-order chi connectivity index (χ1) is 12.0. The van der Waals surface area contributed by atoms with Crippen LogP contribution in [0.3, 0.4) is 0 Å². The summed E-state index contributed by atoms with van der Waals surface area (Å²) >= 11 is 0. The largest absolute Gasteiger partial charge is 0.357 e. The maximum atomic E-state index is 13.7. The van der Waals surface area contributed by atoms with E-state index in [1.807, 2.05) is 36.0 Å². The number of hydrogen-bond acceptors (Lipinski definition) is 3. The molecule has 0 aliphatic rings. The average molecular weight is 494 g/mol. The minimum Gasteiger partial charge on any atom is -0.357 e. The maximum Gasteiger partial charge on any atom is 0.191 e. The second kappa shape index (κ2) is 11.2. The van der Waals surface area contributed by atoms with Gasteiger partial charge in [0.2, 0.25) is 0 Å². The highest BCUT2D eigenvalue weighted by Gasteiger charge is 2.18. The van der Waals surface area contributed by atoms with E-state index < -0.39 is 15.7 Å². The molecule has 0 fully saturated rings. The quantitative estimate of drug-likeness (QED) is 0.336. The summed E-state index contributed by atoms with van der Waals surface area (Å²) in [5.74, 6) is -0.441. The third-order valence-corrected chi connectivity index (χ3v) is 5.20. The fourth-order valence-electron chi connectivity index (χ4n) is 2.25. The van der Waals surface area contributed by atoms with E-state index in [2.05, 4.69) is 15.6 Å². The van der Waals surface area contributed by atoms with Gasteiger partial charge in [-0.1, -0.05) is 12.1 Å². The van der Waals surface area contributed by atoms with E-state index in [1.165, 1.54) is 18.2 Å². The molecule has 0 radical (unpaired) electrons. The van der Waals surface area contributed by atoms with Crippen molar-refractivity contribution in [2.24, 2.45) is 4.99 Å². The predicted octanol–water partition coefficient (Wildman–Crippen LogP) is 2.27. The molecule has 0 spiro atoms. The van der Waals surface area contributed by atoms with E-state index in [-0.39, 0.29) is 41.2 Å². The van der Waals surface area contributed by atoms with E-state index in [0.29, 0.717) is 19.0 Å². The molecule has 1 aromatic heterocycles. The van der Waals surface area contributed by atoms with Gasteiger partial charge in [-0.25, -0.2) is 12.8 Å². The van der Waals surface area contributed by atoms with Crippen LogP contribution in [0.5, 0.6) is 0 Å². The molecule has 0 saturated heterocycles. The predicted molar refractivity (Wildman–Crippen MR) is 112 cm³/mol. The van der Waals surface area contributed by atoms with Crippen LogP contribution in [-0.4, -0.2) is 44.3 Å². The van der Waals surface area contributed by atoms with Gasteiger partial charge in [-0.2, -0.15) is 0 Å². The summed E-state index contributed by atoms with van der Waals surface area (Å²) in [6.45, 7) is 4.07. The van der Waals surface area contributed by atoms with Crippen molar-refractivity contribution >= 4 is 39.8 Å². The van der Waals surface area contributed by atoms with Crippen molar-refractivity contribution in [3.05, 3.63) is 54.6 Å². The number of hydrogen-bond donors (Lipinski definition) is 2. The Morgan fingerprint density at radius 3 is 2.50 bits per heavy atom. The molecule has 0 unspecified atom stereocenters. The Hall–Kier alpha value is -1.62. The van der Waals surface area contributed by atoms with Crippen LogP contribution < -0.4 is 10.6 Å². The molecule has 1 aromatic carbocycles. The van der Waals surface area contributed by atoms with Gasteiger partial charge in [-0.3, -0.25) is 4.99 Å². The van der Waals surface area contributed by atoms with Crippen molar-refractivity contribution in [2.75, 3.05) is 25.4 Å². The highest BCUT2D eigenvalue weighted by atomic mass is 127. The smallest absolute Gasteiger partial charge is 0.191 e. The second-order valence-electron chi connectivity index (χ2n) is 5.36. The van der Waals surface area contributed by atoms with E-state index in [4.69, 9.17) is 0 Å². The molecule has 0 atom stereocenters. The first-order valence-electron chi connectivity index (χ1n) is 8.13.